The van der Waals surface area contributed by atoms with Gasteiger partial charge in [-0.2, -0.15) is 0 Å². The lowest BCUT2D eigenvalue weighted by molar-refractivity contribution is 0.590. The standard InChI is InChI=1S/C67H50N4O/c1-6-19-43(7-2)64-68-65(50-30-35-54-53-26-17-18-27-61(53)72-62(54)42-50)70-66(69-64)51-40-55(46-24-15-10-16-25-46)63(56(41-51)47-28-33-52(34-29-47)67(3,4)5)71-59-36-31-48(44-20-11-8-12-21-44)38-57(59)58-39-49(32-37-60(58)71)45-22-13-9-14-23-45/h6-42H,1-2H2,3-5H3/b43-19+. The molecule has 3 heterocycles. The molecule has 0 N–H and O–H groups in total. The topological polar surface area (TPSA) is 56.7 Å². The maximum atomic E-state index is 6.38. The van der Waals surface area contributed by atoms with E-state index >= 15 is 0 Å². The first-order valence-electron chi connectivity index (χ1n) is 24.4. The molecule has 9 aromatic carbocycles. The van der Waals surface area contributed by atoms with Crippen LogP contribution < -0.4 is 0 Å². The van der Waals surface area contributed by atoms with Crippen LogP contribution in [0.5, 0.6) is 0 Å². The van der Waals surface area contributed by atoms with E-state index in [0.29, 0.717) is 17.5 Å². The van der Waals surface area contributed by atoms with Gasteiger partial charge in [0, 0.05) is 49.4 Å². The van der Waals surface area contributed by atoms with Gasteiger partial charge in [-0.05, 0) is 99.0 Å². The second kappa shape index (κ2) is 18.0. The Kier molecular flexibility index (Phi) is 11.0. The van der Waals surface area contributed by atoms with Gasteiger partial charge in [-0.25, -0.2) is 15.0 Å². The molecular weight excluding hydrogens is 877 g/mol. The minimum Gasteiger partial charge on any atom is -0.456 e. The van der Waals surface area contributed by atoms with Gasteiger partial charge in [0.15, 0.2) is 17.5 Å². The third kappa shape index (κ3) is 7.91. The Labute approximate surface area is 419 Å². The highest BCUT2D eigenvalue weighted by Gasteiger charge is 2.25. The zero-order valence-electron chi connectivity index (χ0n) is 40.5. The Morgan fingerprint density at radius 1 is 0.444 bits per heavy atom. The third-order valence-corrected chi connectivity index (χ3v) is 13.8. The number of nitrogens with zero attached hydrogens (tertiary/aromatic N) is 4. The van der Waals surface area contributed by atoms with Crippen molar-refractivity contribution in [2.45, 2.75) is 26.2 Å². The highest BCUT2D eigenvalue weighted by molar-refractivity contribution is 6.13. The zero-order valence-corrected chi connectivity index (χ0v) is 40.5. The van der Waals surface area contributed by atoms with Gasteiger partial charge in [0.1, 0.15) is 11.2 Å². The summed E-state index contributed by atoms with van der Waals surface area (Å²) < 4.78 is 8.85. The van der Waals surface area contributed by atoms with Crippen molar-refractivity contribution in [2.24, 2.45) is 0 Å². The minimum absolute atomic E-state index is 0.0386. The lowest BCUT2D eigenvalue weighted by Gasteiger charge is -2.22. The molecule has 0 unspecified atom stereocenters. The van der Waals surface area contributed by atoms with E-state index < -0.39 is 0 Å². The normalized spacial score (nSPS) is 12.0. The van der Waals surface area contributed by atoms with Gasteiger partial charge < -0.3 is 8.98 Å². The molecule has 0 atom stereocenters. The number of allylic oxidation sites excluding steroid dienone is 4. The molecule has 0 radical (unpaired) electrons. The highest BCUT2D eigenvalue weighted by Crippen LogP contribution is 2.45. The number of para-hydroxylation sites is 1. The predicted octanol–water partition coefficient (Wildman–Crippen LogP) is 17.9. The molecular formula is C67H50N4O. The fourth-order valence-corrected chi connectivity index (χ4v) is 10.1. The molecule has 0 fully saturated rings. The summed E-state index contributed by atoms with van der Waals surface area (Å²) in [5, 5.41) is 4.43. The minimum atomic E-state index is -0.0386. The summed E-state index contributed by atoms with van der Waals surface area (Å²) in [4.78, 5) is 15.7. The number of furan rings is 1. The molecule has 344 valence electrons. The molecule has 0 spiro atoms. The fraction of sp³-hybridized carbons (Fsp3) is 0.0597. The predicted molar refractivity (Wildman–Crippen MR) is 301 cm³/mol. The van der Waals surface area contributed by atoms with Crippen LogP contribution >= 0.6 is 0 Å². The van der Waals surface area contributed by atoms with Crippen LogP contribution in [-0.2, 0) is 5.41 Å². The third-order valence-electron chi connectivity index (χ3n) is 13.8. The van der Waals surface area contributed by atoms with Crippen molar-refractivity contribution in [1.82, 2.24) is 19.5 Å². The van der Waals surface area contributed by atoms with E-state index in [4.69, 9.17) is 19.4 Å². The summed E-state index contributed by atoms with van der Waals surface area (Å²) in [6, 6.07) is 73.6. The molecule has 12 rings (SSSR count). The van der Waals surface area contributed by atoms with Gasteiger partial charge >= 0.3 is 0 Å². The van der Waals surface area contributed by atoms with Gasteiger partial charge in [-0.3, -0.25) is 0 Å². The smallest absolute Gasteiger partial charge is 0.164 e. The van der Waals surface area contributed by atoms with Crippen molar-refractivity contribution >= 4 is 49.3 Å². The molecule has 0 amide bonds. The second-order valence-corrected chi connectivity index (χ2v) is 19.3. The van der Waals surface area contributed by atoms with E-state index in [-0.39, 0.29) is 5.41 Å². The largest absolute Gasteiger partial charge is 0.456 e. The lowest BCUT2D eigenvalue weighted by atomic mass is 9.85. The van der Waals surface area contributed by atoms with Gasteiger partial charge in [0.25, 0.3) is 0 Å². The Bertz CT molecular complexity index is 3980. The molecule has 5 nitrogen and oxygen atoms in total. The fourth-order valence-electron chi connectivity index (χ4n) is 10.1. The number of benzene rings is 9. The Morgan fingerprint density at radius 3 is 1.51 bits per heavy atom. The molecule has 0 saturated heterocycles. The van der Waals surface area contributed by atoms with Crippen LogP contribution in [0.2, 0.25) is 0 Å². The average Bonchev–Trinajstić information content (AvgIpc) is 3.97. The molecule has 0 aliphatic rings. The van der Waals surface area contributed by atoms with Crippen molar-refractivity contribution in [2.75, 3.05) is 0 Å². The van der Waals surface area contributed by atoms with Crippen LogP contribution in [0.1, 0.15) is 32.2 Å². The summed E-state index contributed by atoms with van der Waals surface area (Å²) in [5.41, 5.74) is 17.3. The monoisotopic (exact) mass is 926 g/mol. The van der Waals surface area contributed by atoms with E-state index in [1.807, 2.05) is 30.3 Å². The van der Waals surface area contributed by atoms with E-state index in [9.17, 15) is 0 Å². The molecule has 12 aromatic rings. The SMILES string of the molecule is C=C/C=C(\C=C)c1nc(-c2cc(-c3ccccc3)c(-n3c4ccc(-c5ccccc5)cc4c4cc(-c5ccccc5)ccc43)c(-c3ccc(C(C)(C)C)cc3)c2)nc(-c2ccc3c(c2)oc2ccccc23)n1. The van der Waals surface area contributed by atoms with Gasteiger partial charge in [0.2, 0.25) is 0 Å². The van der Waals surface area contributed by atoms with E-state index in [1.54, 1.807) is 12.2 Å². The lowest BCUT2D eigenvalue weighted by Crippen LogP contribution is -2.10. The summed E-state index contributed by atoms with van der Waals surface area (Å²) in [5.74, 6) is 1.53. The first-order valence-corrected chi connectivity index (χ1v) is 24.4. The molecule has 0 saturated carbocycles. The molecule has 0 aliphatic carbocycles. The van der Waals surface area contributed by atoms with Crippen LogP contribution in [0.25, 0.3) is 122 Å². The Balaban J connectivity index is 1.17. The number of fused-ring (bicyclic) bond motifs is 6. The summed E-state index contributed by atoms with van der Waals surface area (Å²) in [6.45, 7) is 14.9. The van der Waals surface area contributed by atoms with Crippen LogP contribution in [0.4, 0.5) is 0 Å². The van der Waals surface area contributed by atoms with Gasteiger partial charge in [-0.1, -0.05) is 204 Å². The highest BCUT2D eigenvalue weighted by atomic mass is 16.3. The maximum absolute atomic E-state index is 6.38. The van der Waals surface area contributed by atoms with Crippen LogP contribution in [0, 0.1) is 0 Å². The summed E-state index contributed by atoms with van der Waals surface area (Å²) >= 11 is 0. The van der Waals surface area contributed by atoms with E-state index in [0.717, 1.165) is 88.7 Å². The second-order valence-electron chi connectivity index (χ2n) is 19.3. The molecule has 0 bridgehead atoms. The van der Waals surface area contributed by atoms with Crippen molar-refractivity contribution in [3.8, 4) is 73.0 Å². The maximum Gasteiger partial charge on any atom is 0.164 e. The van der Waals surface area contributed by atoms with E-state index in [1.165, 1.54) is 27.5 Å². The van der Waals surface area contributed by atoms with Crippen LogP contribution in [-0.4, -0.2) is 19.5 Å². The number of aromatic nitrogens is 4. The number of rotatable bonds is 10. The van der Waals surface area contributed by atoms with Crippen molar-refractivity contribution in [1.29, 1.82) is 0 Å². The summed E-state index contributed by atoms with van der Waals surface area (Å²) in [6.07, 6.45) is 5.38. The molecule has 0 aliphatic heterocycles. The summed E-state index contributed by atoms with van der Waals surface area (Å²) in [7, 11) is 0. The Hall–Kier alpha value is -9.19. The molecule has 5 heteroatoms. The number of hydrogen-bond donors (Lipinski definition) is 0. The zero-order chi connectivity index (χ0) is 48.9. The van der Waals surface area contributed by atoms with Crippen molar-refractivity contribution in [3.05, 3.63) is 249 Å². The first-order chi connectivity index (χ1) is 35.2. The first kappa shape index (κ1) is 44.0. The van der Waals surface area contributed by atoms with Gasteiger partial charge in [0.05, 0.1) is 16.7 Å². The van der Waals surface area contributed by atoms with Crippen molar-refractivity contribution in [3.63, 3.8) is 0 Å². The molecule has 3 aromatic heterocycles. The van der Waals surface area contributed by atoms with Gasteiger partial charge in [-0.15, -0.1) is 0 Å². The Morgan fingerprint density at radius 2 is 0.944 bits per heavy atom. The van der Waals surface area contributed by atoms with Crippen LogP contribution in [0.3, 0.4) is 0 Å². The van der Waals surface area contributed by atoms with Crippen molar-refractivity contribution < 1.29 is 4.42 Å². The molecule has 72 heavy (non-hydrogen) atoms. The quantitative estimate of drug-likeness (QED) is 0.128. The number of hydrogen-bond acceptors (Lipinski definition) is 4. The average molecular weight is 927 g/mol. The van der Waals surface area contributed by atoms with Crippen LogP contribution in [0.15, 0.2) is 242 Å². The van der Waals surface area contributed by atoms with E-state index in [2.05, 4.69) is 220 Å².